The molecule has 0 aromatic heterocycles. The fourth-order valence-corrected chi connectivity index (χ4v) is 1.83. The van der Waals surface area contributed by atoms with Crippen LogP contribution in [0.25, 0.3) is 0 Å². The number of unbranched alkanes of at least 4 members (excludes halogenated alkanes) is 1. The Balaban J connectivity index is 2.33. The third kappa shape index (κ3) is 6.65. The van der Waals surface area contributed by atoms with Crippen LogP contribution in [-0.2, 0) is 11.3 Å². The Morgan fingerprint density at radius 3 is 2.85 bits per heavy atom. The molecule has 1 aromatic rings. The number of rotatable bonds is 8. The van der Waals surface area contributed by atoms with Gasteiger partial charge in [0.2, 0.25) is 0 Å². The number of hydrogen-bond acceptors (Lipinski definition) is 2. The van der Waals surface area contributed by atoms with Crippen LogP contribution in [0.1, 0.15) is 31.2 Å². The molecular weight excluding hydrogens is 250 g/mol. The summed E-state index contributed by atoms with van der Waals surface area (Å²) in [6.07, 6.45) is 9.75. The summed E-state index contributed by atoms with van der Waals surface area (Å²) in [4.78, 5) is 11.7. The highest BCUT2D eigenvalue weighted by Crippen LogP contribution is 2.06. The van der Waals surface area contributed by atoms with Gasteiger partial charge in [-0.05, 0) is 24.8 Å². The van der Waals surface area contributed by atoms with Crippen LogP contribution in [0.15, 0.2) is 43.0 Å². The standard InChI is InChI=1S/C17H21NO2/c1-3-5-7-13-16(10-4-2)18-17(19)20-14-15-11-8-6-9-12-15/h1,4,6,8-9,11-12,16H,2,5,7,10,13-14H2,(H,18,19)/t16-/m0/s1. The second kappa shape index (κ2) is 9.69. The highest BCUT2D eigenvalue weighted by atomic mass is 16.5. The van der Waals surface area contributed by atoms with Crippen molar-refractivity contribution in [2.45, 2.75) is 38.3 Å². The van der Waals surface area contributed by atoms with E-state index in [1.807, 2.05) is 30.3 Å². The summed E-state index contributed by atoms with van der Waals surface area (Å²) in [6.45, 7) is 3.97. The second-order valence-electron chi connectivity index (χ2n) is 4.52. The van der Waals surface area contributed by atoms with Gasteiger partial charge in [-0.2, -0.15) is 0 Å². The Morgan fingerprint density at radius 1 is 1.45 bits per heavy atom. The van der Waals surface area contributed by atoms with E-state index in [0.717, 1.165) is 18.4 Å². The third-order valence-corrected chi connectivity index (χ3v) is 2.86. The van der Waals surface area contributed by atoms with E-state index in [9.17, 15) is 4.79 Å². The minimum Gasteiger partial charge on any atom is -0.445 e. The summed E-state index contributed by atoms with van der Waals surface area (Å²) >= 11 is 0. The first-order valence-electron chi connectivity index (χ1n) is 6.78. The van der Waals surface area contributed by atoms with Crippen LogP contribution >= 0.6 is 0 Å². The molecule has 20 heavy (non-hydrogen) atoms. The molecule has 1 N–H and O–H groups in total. The number of terminal acetylenes is 1. The predicted octanol–water partition coefficient (Wildman–Crippen LogP) is 3.66. The summed E-state index contributed by atoms with van der Waals surface area (Å²) < 4.78 is 5.19. The van der Waals surface area contributed by atoms with Gasteiger partial charge in [0.15, 0.2) is 0 Å². The van der Waals surface area contributed by atoms with E-state index < -0.39 is 6.09 Å². The summed E-state index contributed by atoms with van der Waals surface area (Å²) in [5.41, 5.74) is 0.968. The van der Waals surface area contributed by atoms with Gasteiger partial charge in [0.25, 0.3) is 0 Å². The van der Waals surface area contributed by atoms with Crippen molar-refractivity contribution < 1.29 is 9.53 Å². The molecule has 0 aliphatic carbocycles. The molecule has 3 nitrogen and oxygen atoms in total. The van der Waals surface area contributed by atoms with E-state index in [4.69, 9.17) is 11.2 Å². The number of carbonyl (C=O) groups is 1. The minimum atomic E-state index is -0.401. The van der Waals surface area contributed by atoms with E-state index in [2.05, 4.69) is 17.8 Å². The van der Waals surface area contributed by atoms with Crippen molar-refractivity contribution in [1.29, 1.82) is 0 Å². The highest BCUT2D eigenvalue weighted by Gasteiger charge is 2.11. The lowest BCUT2D eigenvalue weighted by atomic mass is 10.1. The number of amides is 1. The van der Waals surface area contributed by atoms with Gasteiger partial charge in [-0.25, -0.2) is 4.79 Å². The number of carbonyl (C=O) groups excluding carboxylic acids is 1. The number of ether oxygens (including phenoxy) is 1. The van der Waals surface area contributed by atoms with Gasteiger partial charge >= 0.3 is 6.09 Å². The molecule has 0 unspecified atom stereocenters. The van der Waals surface area contributed by atoms with Gasteiger partial charge in [-0.1, -0.05) is 36.4 Å². The van der Waals surface area contributed by atoms with Gasteiger partial charge in [0.1, 0.15) is 6.61 Å². The third-order valence-electron chi connectivity index (χ3n) is 2.86. The minimum absolute atomic E-state index is 0.0316. The molecular formula is C17H21NO2. The molecule has 0 saturated heterocycles. The van der Waals surface area contributed by atoms with E-state index in [0.29, 0.717) is 12.8 Å². The van der Waals surface area contributed by atoms with E-state index in [1.165, 1.54) is 0 Å². The van der Waals surface area contributed by atoms with Gasteiger partial charge < -0.3 is 10.1 Å². The van der Waals surface area contributed by atoms with Crippen molar-refractivity contribution in [1.82, 2.24) is 5.32 Å². The SMILES string of the molecule is C#CCCC[C@H](CC=C)NC(=O)OCc1ccccc1. The molecule has 0 radical (unpaired) electrons. The van der Waals surface area contributed by atoms with Crippen LogP contribution in [-0.4, -0.2) is 12.1 Å². The lowest BCUT2D eigenvalue weighted by Gasteiger charge is -2.16. The van der Waals surface area contributed by atoms with Crippen molar-refractivity contribution in [2.24, 2.45) is 0 Å². The van der Waals surface area contributed by atoms with Gasteiger partial charge in [-0.3, -0.25) is 0 Å². The van der Waals surface area contributed by atoms with Gasteiger partial charge in [0, 0.05) is 12.5 Å². The first-order chi connectivity index (χ1) is 9.76. The number of nitrogens with one attached hydrogen (secondary N) is 1. The average molecular weight is 271 g/mol. The predicted molar refractivity (Wildman–Crippen MR) is 81.0 cm³/mol. The van der Waals surface area contributed by atoms with E-state index in [-0.39, 0.29) is 12.6 Å². The Morgan fingerprint density at radius 2 is 2.20 bits per heavy atom. The Bertz CT molecular complexity index is 448. The van der Waals surface area contributed by atoms with Gasteiger partial charge in [0.05, 0.1) is 0 Å². The molecule has 1 aromatic carbocycles. The number of alkyl carbamates (subject to hydrolysis) is 1. The summed E-state index contributed by atoms with van der Waals surface area (Å²) in [6, 6.07) is 9.62. The van der Waals surface area contributed by atoms with Crippen molar-refractivity contribution in [2.75, 3.05) is 0 Å². The van der Waals surface area contributed by atoms with Crippen LogP contribution in [0.3, 0.4) is 0 Å². The Labute approximate surface area is 121 Å². The monoisotopic (exact) mass is 271 g/mol. The first-order valence-corrected chi connectivity index (χ1v) is 6.78. The largest absolute Gasteiger partial charge is 0.445 e. The molecule has 1 atom stereocenters. The summed E-state index contributed by atoms with van der Waals surface area (Å²) in [5.74, 6) is 2.60. The zero-order chi connectivity index (χ0) is 14.6. The lowest BCUT2D eigenvalue weighted by molar-refractivity contribution is 0.135. The molecule has 106 valence electrons. The zero-order valence-electron chi connectivity index (χ0n) is 11.7. The van der Waals surface area contributed by atoms with Crippen molar-refractivity contribution in [3.05, 3.63) is 48.6 Å². The van der Waals surface area contributed by atoms with Gasteiger partial charge in [-0.15, -0.1) is 18.9 Å². The Hall–Kier alpha value is -2.21. The van der Waals surface area contributed by atoms with Crippen LogP contribution < -0.4 is 5.32 Å². The fourth-order valence-electron chi connectivity index (χ4n) is 1.83. The molecule has 3 heteroatoms. The maximum atomic E-state index is 11.7. The molecule has 0 saturated carbocycles. The summed E-state index contributed by atoms with van der Waals surface area (Å²) in [7, 11) is 0. The van der Waals surface area contributed by atoms with Crippen LogP contribution in [0.5, 0.6) is 0 Å². The highest BCUT2D eigenvalue weighted by molar-refractivity contribution is 5.67. The average Bonchev–Trinajstić information content (AvgIpc) is 2.47. The maximum Gasteiger partial charge on any atom is 0.407 e. The maximum absolute atomic E-state index is 11.7. The normalized spacial score (nSPS) is 11.2. The first kappa shape index (κ1) is 15.8. The molecule has 1 rings (SSSR count). The Kier molecular flexibility index (Phi) is 7.67. The summed E-state index contributed by atoms with van der Waals surface area (Å²) in [5, 5.41) is 2.85. The zero-order valence-corrected chi connectivity index (χ0v) is 11.7. The van der Waals surface area contributed by atoms with Crippen molar-refractivity contribution in [3.8, 4) is 12.3 Å². The van der Waals surface area contributed by atoms with Crippen LogP contribution in [0.2, 0.25) is 0 Å². The second-order valence-corrected chi connectivity index (χ2v) is 4.52. The lowest BCUT2D eigenvalue weighted by Crippen LogP contribution is -2.34. The number of hydrogen-bond donors (Lipinski definition) is 1. The molecule has 1 amide bonds. The van der Waals surface area contributed by atoms with Crippen LogP contribution in [0.4, 0.5) is 4.79 Å². The molecule has 0 spiro atoms. The van der Waals surface area contributed by atoms with E-state index >= 15 is 0 Å². The topological polar surface area (TPSA) is 38.3 Å². The van der Waals surface area contributed by atoms with Crippen molar-refractivity contribution >= 4 is 6.09 Å². The van der Waals surface area contributed by atoms with Crippen molar-refractivity contribution in [3.63, 3.8) is 0 Å². The van der Waals surface area contributed by atoms with E-state index in [1.54, 1.807) is 6.08 Å². The fraction of sp³-hybridized carbons (Fsp3) is 0.353. The molecule has 0 bridgehead atoms. The molecule has 0 heterocycles. The molecule has 0 fully saturated rings. The molecule has 0 aliphatic rings. The molecule has 0 aliphatic heterocycles. The smallest absolute Gasteiger partial charge is 0.407 e. The number of benzene rings is 1. The quantitative estimate of drug-likeness (QED) is 0.445. The van der Waals surface area contributed by atoms with Crippen LogP contribution in [0, 0.1) is 12.3 Å².